The summed E-state index contributed by atoms with van der Waals surface area (Å²) in [5.41, 5.74) is 6.92. The number of thiophene rings is 1. The van der Waals surface area contributed by atoms with Gasteiger partial charge < -0.3 is 9.47 Å². The number of rotatable bonds is 8. The van der Waals surface area contributed by atoms with Gasteiger partial charge in [0.25, 0.3) is 0 Å². The van der Waals surface area contributed by atoms with E-state index < -0.39 is 0 Å². The number of nitrogens with zero attached hydrogens (tertiary/aromatic N) is 6. The largest absolute Gasteiger partial charge is 0.457 e. The molecule has 57 heavy (non-hydrogen) atoms. The first-order chi connectivity index (χ1) is 28.2. The van der Waals surface area contributed by atoms with Crippen molar-refractivity contribution >= 4 is 54.9 Å². The van der Waals surface area contributed by atoms with E-state index in [2.05, 4.69) is 93.4 Å². The number of hydrogen-bond donors (Lipinski definition) is 0. The zero-order valence-corrected chi connectivity index (χ0v) is 31.0. The molecule has 5 aromatic carbocycles. The molecule has 0 bridgehead atoms. The number of benzene rings is 5. The molecule has 11 rings (SSSR count). The molecule has 6 heterocycles. The van der Waals surface area contributed by atoms with E-state index >= 15 is 0 Å². The van der Waals surface area contributed by atoms with Gasteiger partial charge >= 0.3 is 0 Å². The van der Waals surface area contributed by atoms with E-state index in [1.165, 1.54) is 0 Å². The minimum absolute atomic E-state index is 0.556. The van der Waals surface area contributed by atoms with Crippen molar-refractivity contribution in [3.63, 3.8) is 0 Å². The van der Waals surface area contributed by atoms with Crippen molar-refractivity contribution in [2.24, 2.45) is 0 Å². The summed E-state index contributed by atoms with van der Waals surface area (Å²) in [6, 6.07) is 48.9. The minimum Gasteiger partial charge on any atom is -0.457 e. The first kappa shape index (κ1) is 32.8. The summed E-state index contributed by atoms with van der Waals surface area (Å²) < 4.78 is 17.8. The van der Waals surface area contributed by atoms with Crippen LogP contribution in [0.5, 0.6) is 23.0 Å². The lowest BCUT2D eigenvalue weighted by atomic mass is 10.1. The molecular formula is C48H30N6O2S. The van der Waals surface area contributed by atoms with Crippen molar-refractivity contribution in [1.82, 2.24) is 29.1 Å². The fourth-order valence-electron chi connectivity index (χ4n) is 7.64. The van der Waals surface area contributed by atoms with Crippen LogP contribution in [-0.2, 0) is 0 Å². The van der Waals surface area contributed by atoms with Crippen molar-refractivity contribution in [3.8, 4) is 57.1 Å². The maximum absolute atomic E-state index is 6.70. The molecule has 0 atom stereocenters. The van der Waals surface area contributed by atoms with Crippen LogP contribution in [0, 0.1) is 0 Å². The summed E-state index contributed by atoms with van der Waals surface area (Å²) in [5.74, 6) is 4.72. The van der Waals surface area contributed by atoms with Crippen LogP contribution in [0.25, 0.3) is 77.8 Å². The van der Waals surface area contributed by atoms with Gasteiger partial charge in [-0.05, 0) is 95.2 Å². The van der Waals surface area contributed by atoms with E-state index in [-0.39, 0.29) is 0 Å². The summed E-state index contributed by atoms with van der Waals surface area (Å²) in [7, 11) is 0. The molecule has 0 saturated carbocycles. The third-order valence-corrected chi connectivity index (χ3v) is 10.8. The Kier molecular flexibility index (Phi) is 7.82. The van der Waals surface area contributed by atoms with Crippen molar-refractivity contribution in [2.45, 2.75) is 0 Å². The van der Waals surface area contributed by atoms with E-state index in [1.54, 1.807) is 11.3 Å². The second kappa shape index (κ2) is 13.6. The van der Waals surface area contributed by atoms with E-state index in [4.69, 9.17) is 29.4 Å². The summed E-state index contributed by atoms with van der Waals surface area (Å²) >= 11 is 1.64. The molecule has 0 saturated heterocycles. The molecule has 0 fully saturated rings. The second-order valence-corrected chi connectivity index (χ2v) is 14.4. The van der Waals surface area contributed by atoms with Crippen LogP contribution < -0.4 is 9.47 Å². The van der Waals surface area contributed by atoms with Crippen LogP contribution in [0.2, 0.25) is 0 Å². The predicted molar refractivity (Wildman–Crippen MR) is 228 cm³/mol. The molecule has 0 unspecified atom stereocenters. The van der Waals surface area contributed by atoms with E-state index in [0.717, 1.165) is 71.9 Å². The molecule has 9 heteroatoms. The molecule has 11 aromatic rings. The number of pyridine rings is 2. The van der Waals surface area contributed by atoms with Gasteiger partial charge in [0.2, 0.25) is 0 Å². The zero-order valence-electron chi connectivity index (χ0n) is 30.2. The molecule has 0 aliphatic carbocycles. The van der Waals surface area contributed by atoms with Gasteiger partial charge in [0.1, 0.15) is 34.6 Å². The highest BCUT2D eigenvalue weighted by Crippen LogP contribution is 2.39. The van der Waals surface area contributed by atoms with Gasteiger partial charge in [-0.3, -0.25) is 9.13 Å². The summed E-state index contributed by atoms with van der Waals surface area (Å²) in [5, 5.41) is 8.65. The Morgan fingerprint density at radius 2 is 0.930 bits per heavy atom. The number of ether oxygens (including phenoxy) is 2. The third-order valence-electron chi connectivity index (χ3n) is 10.2. The highest BCUT2D eigenvalue weighted by Gasteiger charge is 2.17. The molecule has 0 N–H and O–H groups in total. The Morgan fingerprint density at radius 1 is 0.404 bits per heavy atom. The van der Waals surface area contributed by atoms with Gasteiger partial charge in [-0.1, -0.05) is 48.5 Å². The lowest BCUT2D eigenvalue weighted by Crippen LogP contribution is -1.97. The van der Waals surface area contributed by atoms with Gasteiger partial charge in [0.05, 0.1) is 22.1 Å². The Morgan fingerprint density at radius 3 is 1.44 bits per heavy atom. The molecule has 270 valence electrons. The number of para-hydroxylation sites is 2. The Bertz CT molecular complexity index is 3050. The molecule has 8 nitrogen and oxygen atoms in total. The van der Waals surface area contributed by atoms with Crippen LogP contribution in [0.4, 0.5) is 0 Å². The normalized spacial score (nSPS) is 11.5. The first-order valence-corrected chi connectivity index (χ1v) is 19.4. The molecule has 0 aliphatic rings. The van der Waals surface area contributed by atoms with Crippen molar-refractivity contribution in [1.29, 1.82) is 0 Å². The number of hydrogen-bond acceptors (Lipinski definition) is 7. The fourth-order valence-corrected chi connectivity index (χ4v) is 8.30. The Hall–Kier alpha value is -7.62. The van der Waals surface area contributed by atoms with Crippen LogP contribution in [-0.4, -0.2) is 29.1 Å². The average molecular weight is 755 g/mol. The zero-order chi connectivity index (χ0) is 37.7. The van der Waals surface area contributed by atoms with E-state index in [1.807, 2.05) is 96.9 Å². The maximum Gasteiger partial charge on any atom is 0.159 e. The summed E-state index contributed by atoms with van der Waals surface area (Å²) in [6.45, 7) is 0. The fraction of sp³-hybridized carbons (Fsp3) is 0. The van der Waals surface area contributed by atoms with E-state index in [9.17, 15) is 0 Å². The van der Waals surface area contributed by atoms with Gasteiger partial charge in [0.15, 0.2) is 5.82 Å². The quantitative estimate of drug-likeness (QED) is 0.154. The number of aromatic nitrogens is 6. The highest BCUT2D eigenvalue weighted by atomic mass is 32.1. The van der Waals surface area contributed by atoms with Crippen LogP contribution in [0.3, 0.4) is 0 Å². The van der Waals surface area contributed by atoms with Crippen molar-refractivity contribution < 1.29 is 9.47 Å². The van der Waals surface area contributed by atoms with Crippen molar-refractivity contribution in [2.75, 3.05) is 0 Å². The monoisotopic (exact) mass is 754 g/mol. The molecule has 0 radical (unpaired) electrons. The summed E-state index contributed by atoms with van der Waals surface area (Å²) in [6.07, 6.45) is 7.34. The van der Waals surface area contributed by atoms with Gasteiger partial charge in [0, 0.05) is 75.7 Å². The van der Waals surface area contributed by atoms with Gasteiger partial charge in [-0.15, -0.1) is 0 Å². The van der Waals surface area contributed by atoms with Crippen molar-refractivity contribution in [3.05, 3.63) is 181 Å². The smallest absolute Gasteiger partial charge is 0.159 e. The topological polar surface area (TPSA) is 79.9 Å². The standard InChI is InChI=1S/C48H30N6O2S/c1-3-11-42-38(9-1)40-17-15-34(26-44(40)53(42)46-13-5-7-20-49-46)55-36-23-32(48-51-28-33(29-52-48)31-19-22-57-30-31)24-37(25-36)56-35-16-18-41-39-10-2-4-12-43(39)54(45(41)27-35)47-14-6-8-21-50-47/h1-30H. The molecular weight excluding hydrogens is 725 g/mol. The SMILES string of the molecule is c1ccc(-n2c3ccccc3c3ccc(Oc4cc(Oc5ccc6c7ccccc7n(-c7ccccn7)c6c5)cc(-c5ncc(-c6ccsc6)cn5)c4)cc32)nc1. The third kappa shape index (κ3) is 5.85. The van der Waals surface area contributed by atoms with Crippen LogP contribution in [0.1, 0.15) is 0 Å². The molecule has 0 amide bonds. The maximum atomic E-state index is 6.70. The lowest BCUT2D eigenvalue weighted by Gasteiger charge is -2.13. The Balaban J connectivity index is 1.02. The van der Waals surface area contributed by atoms with Crippen LogP contribution in [0.15, 0.2) is 181 Å². The van der Waals surface area contributed by atoms with Gasteiger partial charge in [-0.2, -0.15) is 11.3 Å². The predicted octanol–water partition coefficient (Wildman–Crippen LogP) is 12.4. The van der Waals surface area contributed by atoms with Crippen LogP contribution >= 0.6 is 11.3 Å². The van der Waals surface area contributed by atoms with Gasteiger partial charge in [-0.25, -0.2) is 19.9 Å². The first-order valence-electron chi connectivity index (χ1n) is 18.5. The Labute approximate surface area is 330 Å². The highest BCUT2D eigenvalue weighted by molar-refractivity contribution is 7.08. The summed E-state index contributed by atoms with van der Waals surface area (Å²) in [4.78, 5) is 19.0. The van der Waals surface area contributed by atoms with E-state index in [0.29, 0.717) is 28.8 Å². The molecule has 6 aromatic heterocycles. The number of fused-ring (bicyclic) bond motifs is 6. The average Bonchev–Trinajstić information content (AvgIpc) is 4.00. The molecule has 0 aliphatic heterocycles. The molecule has 0 spiro atoms. The second-order valence-electron chi connectivity index (χ2n) is 13.6. The lowest BCUT2D eigenvalue weighted by molar-refractivity contribution is 0.461. The minimum atomic E-state index is 0.556.